The van der Waals surface area contributed by atoms with E-state index in [9.17, 15) is 8.78 Å². The highest BCUT2D eigenvalue weighted by molar-refractivity contribution is 5.85. The Labute approximate surface area is 86.5 Å². The van der Waals surface area contributed by atoms with Crippen LogP contribution in [0.25, 0.3) is 0 Å². The lowest BCUT2D eigenvalue weighted by molar-refractivity contribution is -0.0601. The molecular weight excluding hydrogens is 212 g/mol. The molecule has 0 bridgehead atoms. The molecule has 0 aliphatic carbocycles. The molecule has 2 rings (SSSR count). The van der Waals surface area contributed by atoms with Gasteiger partial charge in [-0.1, -0.05) is 6.07 Å². The van der Waals surface area contributed by atoms with Crippen LogP contribution in [-0.2, 0) is 10.3 Å². The van der Waals surface area contributed by atoms with E-state index in [-0.39, 0.29) is 31.2 Å². The third-order valence-electron chi connectivity index (χ3n) is 2.18. The van der Waals surface area contributed by atoms with Gasteiger partial charge < -0.3 is 10.5 Å². The molecule has 14 heavy (non-hydrogen) atoms. The highest BCUT2D eigenvalue weighted by Crippen LogP contribution is 2.30. The minimum atomic E-state index is -0.977. The smallest absolute Gasteiger partial charge is 0.131 e. The molecule has 1 aliphatic rings. The van der Waals surface area contributed by atoms with Gasteiger partial charge in [0, 0.05) is 5.56 Å². The van der Waals surface area contributed by atoms with Crippen LogP contribution in [0.4, 0.5) is 8.78 Å². The van der Waals surface area contributed by atoms with E-state index in [1.54, 1.807) is 0 Å². The fourth-order valence-corrected chi connectivity index (χ4v) is 1.44. The summed E-state index contributed by atoms with van der Waals surface area (Å²) < 4.78 is 31.2. The zero-order valence-corrected chi connectivity index (χ0v) is 8.11. The predicted octanol–water partition coefficient (Wildman–Crippen LogP) is 1.57. The molecule has 1 aromatic rings. The van der Waals surface area contributed by atoms with Crippen molar-refractivity contribution in [2.24, 2.45) is 5.73 Å². The van der Waals surface area contributed by atoms with Gasteiger partial charge in [-0.2, -0.15) is 0 Å². The number of halogens is 3. The molecule has 2 nitrogen and oxygen atoms in total. The van der Waals surface area contributed by atoms with Crippen LogP contribution < -0.4 is 5.73 Å². The standard InChI is InChI=1S/C9H9F2NO.ClH/c10-6-2-1-3-7(11)8(6)9(12)4-13-5-9;/h1-3H,4-5,12H2;1H. The minimum absolute atomic E-state index is 0. The first kappa shape index (κ1) is 11.4. The van der Waals surface area contributed by atoms with E-state index < -0.39 is 17.2 Å². The third-order valence-corrected chi connectivity index (χ3v) is 2.18. The largest absolute Gasteiger partial charge is 0.377 e. The molecule has 1 aliphatic heterocycles. The maximum Gasteiger partial charge on any atom is 0.131 e. The second-order valence-corrected chi connectivity index (χ2v) is 3.25. The summed E-state index contributed by atoms with van der Waals surface area (Å²) in [6, 6.07) is 3.72. The van der Waals surface area contributed by atoms with Crippen LogP contribution in [0.3, 0.4) is 0 Å². The topological polar surface area (TPSA) is 35.2 Å². The number of nitrogens with two attached hydrogens (primary N) is 1. The molecule has 0 unspecified atom stereocenters. The first-order valence-corrected chi connectivity index (χ1v) is 3.95. The first-order valence-electron chi connectivity index (χ1n) is 3.95. The number of rotatable bonds is 1. The Balaban J connectivity index is 0.000000980. The zero-order chi connectivity index (χ0) is 9.47. The van der Waals surface area contributed by atoms with Crippen LogP contribution in [0.15, 0.2) is 18.2 Å². The summed E-state index contributed by atoms with van der Waals surface area (Å²) in [6.45, 7) is 0.343. The molecule has 0 aromatic heterocycles. The SMILES string of the molecule is Cl.NC1(c2c(F)cccc2F)COC1. The molecule has 0 atom stereocenters. The number of hydrogen-bond donors (Lipinski definition) is 1. The van der Waals surface area contributed by atoms with Crippen LogP contribution in [0.2, 0.25) is 0 Å². The Morgan fingerprint density at radius 2 is 1.71 bits per heavy atom. The Hall–Kier alpha value is -0.710. The van der Waals surface area contributed by atoms with E-state index in [1.807, 2.05) is 0 Å². The van der Waals surface area contributed by atoms with Gasteiger partial charge in [-0.3, -0.25) is 0 Å². The molecule has 0 radical (unpaired) electrons. The summed E-state index contributed by atoms with van der Waals surface area (Å²) in [6.07, 6.45) is 0. The van der Waals surface area contributed by atoms with Crippen molar-refractivity contribution in [3.63, 3.8) is 0 Å². The van der Waals surface area contributed by atoms with Crippen molar-refractivity contribution in [2.75, 3.05) is 13.2 Å². The molecule has 0 spiro atoms. The maximum atomic E-state index is 13.2. The van der Waals surface area contributed by atoms with E-state index >= 15 is 0 Å². The van der Waals surface area contributed by atoms with E-state index in [0.29, 0.717) is 0 Å². The van der Waals surface area contributed by atoms with E-state index in [4.69, 9.17) is 10.5 Å². The van der Waals surface area contributed by atoms with Crippen LogP contribution in [0.1, 0.15) is 5.56 Å². The van der Waals surface area contributed by atoms with Gasteiger partial charge in [0.15, 0.2) is 0 Å². The van der Waals surface area contributed by atoms with Crippen molar-refractivity contribution in [3.05, 3.63) is 35.4 Å². The summed E-state index contributed by atoms with van der Waals surface area (Å²) in [5.74, 6) is -1.21. The van der Waals surface area contributed by atoms with E-state index in [0.717, 1.165) is 0 Å². The van der Waals surface area contributed by atoms with Crippen molar-refractivity contribution >= 4 is 12.4 Å². The summed E-state index contributed by atoms with van der Waals surface area (Å²) in [4.78, 5) is 0. The molecule has 1 aromatic carbocycles. The fraction of sp³-hybridized carbons (Fsp3) is 0.333. The maximum absolute atomic E-state index is 13.2. The molecule has 5 heteroatoms. The van der Waals surface area contributed by atoms with Gasteiger partial charge in [0.2, 0.25) is 0 Å². The lowest BCUT2D eigenvalue weighted by Gasteiger charge is -2.38. The third kappa shape index (κ3) is 1.61. The number of benzene rings is 1. The second-order valence-electron chi connectivity index (χ2n) is 3.25. The normalized spacial score (nSPS) is 18.2. The predicted molar refractivity (Wildman–Crippen MR) is 50.3 cm³/mol. The van der Waals surface area contributed by atoms with Crippen LogP contribution >= 0.6 is 12.4 Å². The van der Waals surface area contributed by atoms with Gasteiger partial charge in [-0.05, 0) is 12.1 Å². The molecule has 1 saturated heterocycles. The van der Waals surface area contributed by atoms with Crippen molar-refractivity contribution in [1.29, 1.82) is 0 Å². The lowest BCUT2D eigenvalue weighted by Crippen LogP contribution is -2.55. The summed E-state index contributed by atoms with van der Waals surface area (Å²) in [7, 11) is 0. The molecular formula is C9H10ClF2NO. The van der Waals surface area contributed by atoms with Crippen molar-refractivity contribution < 1.29 is 13.5 Å². The Bertz CT molecular complexity index is 321. The van der Waals surface area contributed by atoms with Crippen LogP contribution in [0.5, 0.6) is 0 Å². The quantitative estimate of drug-likeness (QED) is 0.781. The van der Waals surface area contributed by atoms with Gasteiger partial charge in [0.1, 0.15) is 11.6 Å². The average Bonchev–Trinajstić information content (AvgIpc) is 2.01. The summed E-state index contributed by atoms with van der Waals surface area (Å²) in [5, 5.41) is 0. The van der Waals surface area contributed by atoms with Crippen LogP contribution in [0, 0.1) is 11.6 Å². The fourth-order valence-electron chi connectivity index (χ4n) is 1.44. The van der Waals surface area contributed by atoms with Gasteiger partial charge in [-0.15, -0.1) is 12.4 Å². The second kappa shape index (κ2) is 3.81. The Morgan fingerprint density at radius 3 is 2.07 bits per heavy atom. The Kier molecular flexibility index (Phi) is 3.09. The molecule has 0 amide bonds. The van der Waals surface area contributed by atoms with Crippen molar-refractivity contribution in [1.82, 2.24) is 0 Å². The van der Waals surface area contributed by atoms with Crippen LogP contribution in [-0.4, -0.2) is 13.2 Å². The molecule has 2 N–H and O–H groups in total. The van der Waals surface area contributed by atoms with Crippen molar-refractivity contribution in [2.45, 2.75) is 5.54 Å². The monoisotopic (exact) mass is 221 g/mol. The van der Waals surface area contributed by atoms with E-state index in [2.05, 4.69) is 0 Å². The molecule has 1 fully saturated rings. The van der Waals surface area contributed by atoms with Gasteiger partial charge in [-0.25, -0.2) is 8.78 Å². The highest BCUT2D eigenvalue weighted by Gasteiger charge is 2.40. The number of hydrogen-bond acceptors (Lipinski definition) is 2. The molecule has 0 saturated carbocycles. The average molecular weight is 222 g/mol. The van der Waals surface area contributed by atoms with Gasteiger partial charge >= 0.3 is 0 Å². The highest BCUT2D eigenvalue weighted by atomic mass is 35.5. The number of ether oxygens (including phenoxy) is 1. The zero-order valence-electron chi connectivity index (χ0n) is 7.30. The summed E-state index contributed by atoms with van der Waals surface area (Å²) in [5.41, 5.74) is 4.68. The lowest BCUT2D eigenvalue weighted by atomic mass is 9.88. The van der Waals surface area contributed by atoms with Gasteiger partial charge in [0.25, 0.3) is 0 Å². The Morgan fingerprint density at radius 1 is 1.21 bits per heavy atom. The van der Waals surface area contributed by atoms with Gasteiger partial charge in [0.05, 0.1) is 18.8 Å². The first-order chi connectivity index (χ1) is 6.13. The minimum Gasteiger partial charge on any atom is -0.377 e. The molecule has 78 valence electrons. The molecule has 1 heterocycles. The van der Waals surface area contributed by atoms with E-state index in [1.165, 1.54) is 18.2 Å². The summed E-state index contributed by atoms with van der Waals surface area (Å²) >= 11 is 0. The van der Waals surface area contributed by atoms with Crippen molar-refractivity contribution in [3.8, 4) is 0 Å².